The van der Waals surface area contributed by atoms with Crippen LogP contribution in [-0.2, 0) is 4.79 Å². The Morgan fingerprint density at radius 1 is 1.16 bits per heavy atom. The van der Waals surface area contributed by atoms with E-state index < -0.39 is 0 Å². The highest BCUT2D eigenvalue weighted by Crippen LogP contribution is 2.28. The molecular weight excluding hydrogens is 402 g/mol. The molecule has 3 aliphatic heterocycles. The number of carbonyl (C=O) groups is 1. The fourth-order valence-corrected chi connectivity index (χ4v) is 4.88. The number of nitrogens with one attached hydrogen (secondary N) is 3. The monoisotopic (exact) mass is 439 g/mol. The van der Waals surface area contributed by atoms with Gasteiger partial charge in [0.2, 0.25) is 0 Å². The topological polar surface area (TPSA) is 68.9 Å². The summed E-state index contributed by atoms with van der Waals surface area (Å²) in [7, 11) is 0. The van der Waals surface area contributed by atoms with E-state index in [-0.39, 0.29) is 11.6 Å². The summed E-state index contributed by atoms with van der Waals surface area (Å²) >= 11 is 0. The van der Waals surface area contributed by atoms with Gasteiger partial charge in [-0.05, 0) is 63.6 Å². The van der Waals surface area contributed by atoms with E-state index in [0.29, 0.717) is 18.7 Å². The zero-order valence-electron chi connectivity index (χ0n) is 19.4. The van der Waals surface area contributed by atoms with Gasteiger partial charge in [0.1, 0.15) is 18.0 Å². The summed E-state index contributed by atoms with van der Waals surface area (Å²) in [5, 5.41) is 9.94. The fourth-order valence-electron chi connectivity index (χ4n) is 4.88. The van der Waals surface area contributed by atoms with Gasteiger partial charge in [-0.15, -0.1) is 0 Å². The molecule has 1 aromatic rings. The second kappa shape index (κ2) is 10.5. The summed E-state index contributed by atoms with van der Waals surface area (Å²) in [6.07, 6.45) is 6.39. The van der Waals surface area contributed by atoms with Crippen LogP contribution in [0.2, 0.25) is 0 Å². The van der Waals surface area contributed by atoms with Gasteiger partial charge in [-0.3, -0.25) is 14.6 Å². The van der Waals surface area contributed by atoms with Gasteiger partial charge in [0.15, 0.2) is 0 Å². The molecule has 2 saturated heterocycles. The molecule has 0 spiro atoms. The number of piperazine rings is 1. The van der Waals surface area contributed by atoms with Crippen LogP contribution in [0, 0.1) is 0 Å². The molecule has 7 nitrogen and oxygen atoms in total. The number of carbonyl (C=O) groups excluding carboxylic acids is 1. The number of ether oxygens (including phenoxy) is 1. The minimum absolute atomic E-state index is 0.0775. The third kappa shape index (κ3) is 5.34. The molecule has 1 unspecified atom stereocenters. The minimum Gasteiger partial charge on any atom is -0.492 e. The van der Waals surface area contributed by atoms with E-state index in [2.05, 4.69) is 39.6 Å². The van der Waals surface area contributed by atoms with Crippen molar-refractivity contribution in [2.75, 3.05) is 52.4 Å². The molecule has 2 fully saturated rings. The summed E-state index contributed by atoms with van der Waals surface area (Å²) < 4.78 is 5.65. The molecular formula is C25H37N5O2. The Labute approximate surface area is 191 Å². The van der Waals surface area contributed by atoms with Crippen molar-refractivity contribution in [1.29, 1.82) is 0 Å². The van der Waals surface area contributed by atoms with Crippen LogP contribution in [0.3, 0.4) is 0 Å². The number of rotatable bonds is 7. The van der Waals surface area contributed by atoms with Crippen molar-refractivity contribution in [2.24, 2.45) is 0 Å². The van der Waals surface area contributed by atoms with Crippen molar-refractivity contribution in [3.05, 3.63) is 53.8 Å². The van der Waals surface area contributed by atoms with E-state index in [9.17, 15) is 4.79 Å². The zero-order chi connectivity index (χ0) is 22.4. The molecule has 1 amide bonds. The maximum absolute atomic E-state index is 12.6. The largest absolute Gasteiger partial charge is 0.492 e. The second-order valence-electron chi connectivity index (χ2n) is 9.07. The first-order chi connectivity index (χ1) is 15.6. The smallest absolute Gasteiger partial charge is 0.252 e. The number of hydrogen-bond acceptors (Lipinski definition) is 6. The Kier molecular flexibility index (Phi) is 7.50. The molecule has 32 heavy (non-hydrogen) atoms. The first kappa shape index (κ1) is 22.8. The van der Waals surface area contributed by atoms with Gasteiger partial charge >= 0.3 is 0 Å². The van der Waals surface area contributed by atoms with E-state index in [1.165, 1.54) is 18.4 Å². The van der Waals surface area contributed by atoms with Crippen LogP contribution in [0.15, 0.2) is 53.8 Å². The lowest BCUT2D eigenvalue weighted by Gasteiger charge is -2.49. The van der Waals surface area contributed by atoms with Crippen molar-refractivity contribution in [1.82, 2.24) is 25.8 Å². The van der Waals surface area contributed by atoms with Gasteiger partial charge in [0, 0.05) is 38.4 Å². The Hall–Kier alpha value is -2.35. The number of hydrogen-bond donors (Lipinski definition) is 3. The SMILES string of the molecule is CC1=CC(C(=O)NCCOc2ccccc2)=CNC1(C)N1CCN(C2CCNCC2)CC1. The zero-order valence-corrected chi connectivity index (χ0v) is 19.4. The number of para-hydroxylation sites is 1. The molecule has 0 bridgehead atoms. The molecule has 3 aliphatic rings. The molecule has 174 valence electrons. The minimum atomic E-state index is -0.250. The van der Waals surface area contributed by atoms with Gasteiger partial charge in [-0.2, -0.15) is 0 Å². The van der Waals surface area contributed by atoms with Gasteiger partial charge in [0.05, 0.1) is 12.1 Å². The van der Waals surface area contributed by atoms with Crippen LogP contribution in [0.4, 0.5) is 0 Å². The Bertz CT molecular complexity index is 826. The quantitative estimate of drug-likeness (QED) is 0.562. The second-order valence-corrected chi connectivity index (χ2v) is 9.07. The maximum Gasteiger partial charge on any atom is 0.252 e. The van der Waals surface area contributed by atoms with E-state index in [0.717, 1.165) is 51.1 Å². The molecule has 1 atom stereocenters. The number of piperidine rings is 1. The van der Waals surface area contributed by atoms with Crippen LogP contribution in [-0.4, -0.2) is 79.8 Å². The lowest BCUT2D eigenvalue weighted by atomic mass is 9.94. The Morgan fingerprint density at radius 2 is 1.88 bits per heavy atom. The van der Waals surface area contributed by atoms with Crippen molar-refractivity contribution in [3.8, 4) is 5.75 Å². The van der Waals surface area contributed by atoms with Gasteiger partial charge in [-0.1, -0.05) is 18.2 Å². The summed E-state index contributed by atoms with van der Waals surface area (Å²) in [6, 6.07) is 10.4. The Morgan fingerprint density at radius 3 is 2.56 bits per heavy atom. The van der Waals surface area contributed by atoms with Crippen molar-refractivity contribution >= 4 is 5.91 Å². The summed E-state index contributed by atoms with van der Waals surface area (Å²) in [5.41, 5.74) is 1.58. The van der Waals surface area contributed by atoms with Crippen LogP contribution < -0.4 is 20.7 Å². The van der Waals surface area contributed by atoms with Crippen LogP contribution >= 0.6 is 0 Å². The molecule has 3 N–H and O–H groups in total. The van der Waals surface area contributed by atoms with E-state index in [1.807, 2.05) is 42.6 Å². The molecule has 0 aromatic heterocycles. The van der Waals surface area contributed by atoms with Crippen molar-refractivity contribution in [2.45, 2.75) is 38.4 Å². The van der Waals surface area contributed by atoms with Gasteiger partial charge in [-0.25, -0.2) is 0 Å². The van der Waals surface area contributed by atoms with Crippen LogP contribution in [0.5, 0.6) is 5.75 Å². The highest BCUT2D eigenvalue weighted by Gasteiger charge is 2.38. The summed E-state index contributed by atoms with van der Waals surface area (Å²) in [5.74, 6) is 0.735. The number of dihydropyridines is 1. The first-order valence-corrected chi connectivity index (χ1v) is 11.9. The highest BCUT2D eigenvalue weighted by molar-refractivity contribution is 5.96. The normalized spacial score (nSPS) is 25.4. The molecule has 4 rings (SSSR count). The van der Waals surface area contributed by atoms with Gasteiger partial charge < -0.3 is 20.7 Å². The average molecular weight is 440 g/mol. The van der Waals surface area contributed by atoms with Gasteiger partial charge in [0.25, 0.3) is 5.91 Å². The van der Waals surface area contributed by atoms with Crippen LogP contribution in [0.1, 0.15) is 26.7 Å². The predicted octanol–water partition coefficient (Wildman–Crippen LogP) is 1.70. The van der Waals surface area contributed by atoms with Crippen molar-refractivity contribution in [3.63, 3.8) is 0 Å². The van der Waals surface area contributed by atoms with Crippen LogP contribution in [0.25, 0.3) is 0 Å². The first-order valence-electron chi connectivity index (χ1n) is 11.9. The number of amides is 1. The number of benzene rings is 1. The Balaban J connectivity index is 1.24. The molecule has 1 aromatic carbocycles. The molecule has 3 heterocycles. The highest BCUT2D eigenvalue weighted by atomic mass is 16.5. The lowest BCUT2D eigenvalue weighted by molar-refractivity contribution is -0.117. The standard InChI is InChI=1S/C25H37N5O2/c1-20-18-21(24(31)27-12-17-32-23-6-4-3-5-7-23)19-28-25(20,2)30-15-13-29(14-16-30)22-8-10-26-11-9-22/h3-7,18-19,22,26,28H,8-17H2,1-2H3,(H,27,31). The lowest BCUT2D eigenvalue weighted by Crippen LogP contribution is -2.63. The summed E-state index contributed by atoms with van der Waals surface area (Å²) in [6.45, 7) is 11.8. The van der Waals surface area contributed by atoms with E-state index in [1.54, 1.807) is 0 Å². The third-order valence-corrected chi connectivity index (χ3v) is 7.08. The molecule has 7 heteroatoms. The molecule has 0 aliphatic carbocycles. The third-order valence-electron chi connectivity index (χ3n) is 7.08. The fraction of sp³-hybridized carbons (Fsp3) is 0.560. The predicted molar refractivity (Wildman–Crippen MR) is 127 cm³/mol. The molecule has 0 saturated carbocycles. The number of nitrogens with zero attached hydrogens (tertiary/aromatic N) is 2. The van der Waals surface area contributed by atoms with E-state index in [4.69, 9.17) is 4.74 Å². The molecule has 0 radical (unpaired) electrons. The van der Waals surface area contributed by atoms with Crippen molar-refractivity contribution < 1.29 is 9.53 Å². The summed E-state index contributed by atoms with van der Waals surface area (Å²) in [4.78, 5) is 17.8. The average Bonchev–Trinajstić information content (AvgIpc) is 2.85. The maximum atomic E-state index is 12.6. The van der Waals surface area contributed by atoms with E-state index >= 15 is 0 Å².